The van der Waals surface area contributed by atoms with Gasteiger partial charge >= 0.3 is 0 Å². The van der Waals surface area contributed by atoms with E-state index in [4.69, 9.17) is 9.47 Å². The molecule has 132 valence electrons. The maximum atomic E-state index is 10.6. The first-order valence-corrected chi connectivity index (χ1v) is 8.23. The summed E-state index contributed by atoms with van der Waals surface area (Å²) in [5.41, 5.74) is 1.97. The first kappa shape index (κ1) is 18.6. The van der Waals surface area contributed by atoms with E-state index in [0.717, 1.165) is 43.1 Å². The van der Waals surface area contributed by atoms with Crippen molar-refractivity contribution in [3.8, 4) is 5.75 Å². The van der Waals surface area contributed by atoms with Crippen molar-refractivity contribution in [2.75, 3.05) is 19.8 Å². The van der Waals surface area contributed by atoms with Crippen molar-refractivity contribution < 1.29 is 14.4 Å². The second kappa shape index (κ2) is 10.2. The molecule has 2 aromatic rings. The molecule has 2 rings (SSSR count). The molecule has 0 amide bonds. The quantitative estimate of drug-likeness (QED) is 0.283. The average Bonchev–Trinajstić information content (AvgIpc) is 2.64. The monoisotopic (exact) mass is 342 g/mol. The van der Waals surface area contributed by atoms with Crippen molar-refractivity contribution in [1.82, 2.24) is 0 Å². The second-order valence-corrected chi connectivity index (χ2v) is 5.37. The summed E-state index contributed by atoms with van der Waals surface area (Å²) in [6.45, 7) is 4.57. The van der Waals surface area contributed by atoms with Gasteiger partial charge < -0.3 is 9.47 Å². The molecule has 0 atom stereocenters. The Labute approximate surface area is 147 Å². The Bertz CT molecular complexity index is 682. The Morgan fingerprint density at radius 2 is 1.84 bits per heavy atom. The van der Waals surface area contributed by atoms with E-state index in [9.17, 15) is 10.1 Å². The molecule has 0 spiro atoms. The van der Waals surface area contributed by atoms with Gasteiger partial charge in [-0.05, 0) is 60.9 Å². The number of non-ortho nitro benzene ring substituents is 1. The zero-order chi connectivity index (χ0) is 17.9. The van der Waals surface area contributed by atoms with Gasteiger partial charge in [0.25, 0.3) is 5.69 Å². The van der Waals surface area contributed by atoms with E-state index in [1.165, 1.54) is 12.1 Å². The third-order valence-corrected chi connectivity index (χ3v) is 3.45. The third kappa shape index (κ3) is 6.73. The molecule has 0 fully saturated rings. The van der Waals surface area contributed by atoms with Crippen molar-refractivity contribution in [3.05, 3.63) is 69.8 Å². The highest BCUT2D eigenvalue weighted by Crippen LogP contribution is 2.16. The lowest BCUT2D eigenvalue weighted by Crippen LogP contribution is -1.97. The maximum absolute atomic E-state index is 10.6. The number of hydrogen-bond donors (Lipinski definition) is 0. The van der Waals surface area contributed by atoms with Gasteiger partial charge in [-0.1, -0.05) is 0 Å². The zero-order valence-electron chi connectivity index (χ0n) is 14.3. The highest BCUT2D eigenvalue weighted by atomic mass is 16.6. The van der Waals surface area contributed by atoms with Crippen LogP contribution in [0.15, 0.2) is 53.5 Å². The molecule has 0 aliphatic heterocycles. The summed E-state index contributed by atoms with van der Waals surface area (Å²) >= 11 is 0. The predicted octanol–water partition coefficient (Wildman–Crippen LogP) is 4.02. The third-order valence-electron chi connectivity index (χ3n) is 3.45. The van der Waals surface area contributed by atoms with Gasteiger partial charge in [-0.25, -0.2) is 0 Å². The molecule has 0 saturated heterocycles. The number of rotatable bonds is 10. The van der Waals surface area contributed by atoms with Crippen LogP contribution >= 0.6 is 0 Å². The summed E-state index contributed by atoms with van der Waals surface area (Å²) in [5, 5.41) is 10.6. The summed E-state index contributed by atoms with van der Waals surface area (Å²) in [6, 6.07) is 14.0. The first-order chi connectivity index (χ1) is 12.2. The van der Waals surface area contributed by atoms with E-state index >= 15 is 0 Å². The molecule has 0 aliphatic rings. The van der Waals surface area contributed by atoms with E-state index < -0.39 is 4.92 Å². The van der Waals surface area contributed by atoms with E-state index in [1.54, 1.807) is 12.1 Å². The Morgan fingerprint density at radius 1 is 1.12 bits per heavy atom. The number of ether oxygens (including phenoxy) is 2. The smallest absolute Gasteiger partial charge is 0.269 e. The Kier molecular flexibility index (Phi) is 7.59. The molecule has 2 aromatic carbocycles. The molecular formula is C19H22N2O4. The predicted molar refractivity (Wildman–Crippen MR) is 97.4 cm³/mol. The molecule has 0 radical (unpaired) electrons. The summed E-state index contributed by atoms with van der Waals surface area (Å²) in [5.74, 6) is 0.742. The Balaban J connectivity index is 1.78. The zero-order valence-corrected chi connectivity index (χ0v) is 14.3. The maximum Gasteiger partial charge on any atom is 0.269 e. The molecule has 0 aliphatic carbocycles. The molecule has 0 N–H and O–H groups in total. The molecule has 0 aromatic heterocycles. The number of benzene rings is 2. The first-order valence-electron chi connectivity index (χ1n) is 8.23. The lowest BCUT2D eigenvalue weighted by molar-refractivity contribution is -0.384. The summed E-state index contributed by atoms with van der Waals surface area (Å²) in [4.78, 5) is 14.6. The highest BCUT2D eigenvalue weighted by molar-refractivity contribution is 5.79. The summed E-state index contributed by atoms with van der Waals surface area (Å²) in [7, 11) is 0. The minimum absolute atomic E-state index is 0.0775. The number of nitrogens with zero attached hydrogens (tertiary/aromatic N) is 2. The summed E-state index contributed by atoms with van der Waals surface area (Å²) in [6.07, 6.45) is 2.76. The SMILES string of the molecule is CCOCCC/N=C/c1ccc(OCc2ccc([N+](=O)[O-])cc2)cc1. The van der Waals surface area contributed by atoms with Crippen LogP contribution in [0.25, 0.3) is 0 Å². The van der Waals surface area contributed by atoms with E-state index in [1.807, 2.05) is 37.4 Å². The van der Waals surface area contributed by atoms with Crippen molar-refractivity contribution >= 4 is 11.9 Å². The van der Waals surface area contributed by atoms with Gasteiger partial charge in [0.2, 0.25) is 0 Å². The second-order valence-electron chi connectivity index (χ2n) is 5.37. The van der Waals surface area contributed by atoms with E-state index in [2.05, 4.69) is 4.99 Å². The molecule has 0 unspecified atom stereocenters. The van der Waals surface area contributed by atoms with Crippen LogP contribution in [0.5, 0.6) is 5.75 Å². The van der Waals surface area contributed by atoms with Gasteiger partial charge in [0, 0.05) is 38.1 Å². The molecule has 6 nitrogen and oxygen atoms in total. The van der Waals surface area contributed by atoms with E-state index in [0.29, 0.717) is 6.61 Å². The van der Waals surface area contributed by atoms with Gasteiger partial charge in [-0.3, -0.25) is 15.1 Å². The van der Waals surface area contributed by atoms with Crippen molar-refractivity contribution in [1.29, 1.82) is 0 Å². The molecule has 0 bridgehead atoms. The number of nitro groups is 1. The van der Waals surface area contributed by atoms with E-state index in [-0.39, 0.29) is 5.69 Å². The molecule has 6 heteroatoms. The van der Waals surface area contributed by atoms with Crippen LogP contribution in [0, 0.1) is 10.1 Å². The Morgan fingerprint density at radius 3 is 2.48 bits per heavy atom. The van der Waals surface area contributed by atoms with Gasteiger partial charge in [-0.15, -0.1) is 0 Å². The van der Waals surface area contributed by atoms with Gasteiger partial charge in [0.1, 0.15) is 12.4 Å². The fourth-order valence-corrected chi connectivity index (χ4v) is 2.10. The topological polar surface area (TPSA) is 74.0 Å². The van der Waals surface area contributed by atoms with Crippen LogP contribution in [-0.4, -0.2) is 30.9 Å². The lowest BCUT2D eigenvalue weighted by Gasteiger charge is -2.06. The standard InChI is InChI=1S/C19H22N2O4/c1-2-24-13-3-12-20-14-16-6-10-19(11-7-16)25-15-17-4-8-18(9-5-17)21(22)23/h4-11,14H,2-3,12-13,15H2,1H3/b20-14+. The highest BCUT2D eigenvalue weighted by Gasteiger charge is 2.04. The fraction of sp³-hybridized carbons (Fsp3) is 0.316. The van der Waals surface area contributed by atoms with Crippen LogP contribution < -0.4 is 4.74 Å². The van der Waals surface area contributed by atoms with Crippen molar-refractivity contribution in [2.24, 2.45) is 4.99 Å². The van der Waals surface area contributed by atoms with Gasteiger partial charge in [0.05, 0.1) is 4.92 Å². The molecule has 0 saturated carbocycles. The van der Waals surface area contributed by atoms with Crippen LogP contribution in [-0.2, 0) is 11.3 Å². The summed E-state index contributed by atoms with van der Waals surface area (Å²) < 4.78 is 10.9. The Hall–Kier alpha value is -2.73. The van der Waals surface area contributed by atoms with Crippen LogP contribution in [0.4, 0.5) is 5.69 Å². The minimum Gasteiger partial charge on any atom is -0.489 e. The van der Waals surface area contributed by atoms with Crippen molar-refractivity contribution in [3.63, 3.8) is 0 Å². The largest absolute Gasteiger partial charge is 0.489 e. The average molecular weight is 342 g/mol. The fourth-order valence-electron chi connectivity index (χ4n) is 2.10. The molecule has 0 heterocycles. The minimum atomic E-state index is -0.415. The number of nitro benzene ring substituents is 1. The molecular weight excluding hydrogens is 320 g/mol. The van der Waals surface area contributed by atoms with Gasteiger partial charge in [0.15, 0.2) is 0 Å². The lowest BCUT2D eigenvalue weighted by atomic mass is 10.2. The molecule has 25 heavy (non-hydrogen) atoms. The number of hydrogen-bond acceptors (Lipinski definition) is 5. The van der Waals surface area contributed by atoms with Crippen molar-refractivity contribution in [2.45, 2.75) is 20.0 Å². The normalized spacial score (nSPS) is 10.9. The van der Waals surface area contributed by atoms with Crippen LogP contribution in [0.2, 0.25) is 0 Å². The number of aliphatic imine (C=N–C) groups is 1. The van der Waals surface area contributed by atoms with Crippen LogP contribution in [0.3, 0.4) is 0 Å². The van der Waals surface area contributed by atoms with Crippen LogP contribution in [0.1, 0.15) is 24.5 Å². The van der Waals surface area contributed by atoms with Gasteiger partial charge in [-0.2, -0.15) is 0 Å².